The first-order valence-electron chi connectivity index (χ1n) is 7.14. The molecule has 6 nitrogen and oxygen atoms in total. The molecule has 2 aromatic rings. The number of rotatable bonds is 7. The number of ether oxygens (including phenoxy) is 2. The Morgan fingerprint density at radius 3 is 2.52 bits per heavy atom. The van der Waals surface area contributed by atoms with Gasteiger partial charge < -0.3 is 9.47 Å². The number of nitrogens with zero attached hydrogens (tertiary/aromatic N) is 2. The van der Waals surface area contributed by atoms with Gasteiger partial charge in [0.15, 0.2) is 0 Å². The lowest BCUT2D eigenvalue weighted by atomic mass is 10.2. The van der Waals surface area contributed by atoms with E-state index in [2.05, 4.69) is 9.84 Å². The minimum absolute atomic E-state index is 0.0294. The zero-order valence-corrected chi connectivity index (χ0v) is 12.7. The predicted molar refractivity (Wildman–Crippen MR) is 78.8 cm³/mol. The Hall–Kier alpha value is -2.70. The highest BCUT2D eigenvalue weighted by molar-refractivity contribution is 5.91. The second-order valence-electron chi connectivity index (χ2n) is 4.82. The molecule has 0 aliphatic rings. The Bertz CT molecular complexity index is 667. The molecule has 0 unspecified atom stereocenters. The Labute approximate surface area is 132 Å². The van der Waals surface area contributed by atoms with Crippen LogP contribution in [-0.4, -0.2) is 28.3 Å². The zero-order chi connectivity index (χ0) is 16.7. The molecule has 7 heteroatoms. The number of hydrogen-bond acceptors (Lipinski definition) is 5. The maximum Gasteiger partial charge on any atom is 0.317 e. The Balaban J connectivity index is 1.81. The molecule has 0 amide bonds. The highest BCUT2D eigenvalue weighted by Crippen LogP contribution is 2.07. The number of aromatic nitrogens is 2. The number of esters is 2. The summed E-state index contributed by atoms with van der Waals surface area (Å²) in [6.45, 7) is 2.40. The van der Waals surface area contributed by atoms with Gasteiger partial charge in [0.2, 0.25) is 0 Å². The van der Waals surface area contributed by atoms with Crippen LogP contribution >= 0.6 is 0 Å². The molecular weight excluding hydrogens is 303 g/mol. The normalized spacial score (nSPS) is 10.3. The van der Waals surface area contributed by atoms with Crippen LogP contribution in [0.1, 0.15) is 24.5 Å². The van der Waals surface area contributed by atoms with Gasteiger partial charge in [-0.25, -0.2) is 4.39 Å². The molecule has 0 saturated heterocycles. The number of carbonyl (C=O) groups is 2. The second kappa shape index (κ2) is 8.07. The summed E-state index contributed by atoms with van der Waals surface area (Å²) in [5.74, 6) is -1.54. The molecule has 0 bridgehead atoms. The third-order valence-electron chi connectivity index (χ3n) is 2.94. The van der Waals surface area contributed by atoms with Crippen molar-refractivity contribution in [3.05, 3.63) is 53.6 Å². The van der Waals surface area contributed by atoms with Crippen molar-refractivity contribution in [2.75, 3.05) is 6.61 Å². The maximum atomic E-state index is 12.8. The van der Waals surface area contributed by atoms with Crippen LogP contribution in [0.25, 0.3) is 0 Å². The lowest BCUT2D eigenvalue weighted by molar-refractivity contribution is -0.155. The highest BCUT2D eigenvalue weighted by Gasteiger charge is 2.12. The van der Waals surface area contributed by atoms with Crippen molar-refractivity contribution in [2.45, 2.75) is 26.5 Å². The summed E-state index contributed by atoms with van der Waals surface area (Å²) in [4.78, 5) is 22.6. The van der Waals surface area contributed by atoms with Crippen molar-refractivity contribution < 1.29 is 23.5 Å². The zero-order valence-electron chi connectivity index (χ0n) is 12.7. The average Bonchev–Trinajstić information content (AvgIpc) is 2.95. The molecule has 0 aliphatic heterocycles. The summed E-state index contributed by atoms with van der Waals surface area (Å²) in [6, 6.07) is 6.12. The Morgan fingerprint density at radius 2 is 1.83 bits per heavy atom. The summed E-state index contributed by atoms with van der Waals surface area (Å²) < 4.78 is 24.1. The summed E-state index contributed by atoms with van der Waals surface area (Å²) in [7, 11) is 0. The van der Waals surface area contributed by atoms with E-state index in [-0.39, 0.29) is 19.0 Å². The smallest absolute Gasteiger partial charge is 0.317 e. The fraction of sp³-hybridized carbons (Fsp3) is 0.312. The van der Waals surface area contributed by atoms with Crippen molar-refractivity contribution in [3.63, 3.8) is 0 Å². The van der Waals surface area contributed by atoms with E-state index in [9.17, 15) is 14.0 Å². The molecule has 1 aromatic heterocycles. The van der Waals surface area contributed by atoms with Gasteiger partial charge in [0.25, 0.3) is 0 Å². The standard InChI is InChI=1S/C16H17FN2O4/c1-2-22-15(20)7-16(21)23-11-13-8-18-19(10-13)9-12-3-5-14(17)6-4-12/h3-6,8,10H,2,7,9,11H2,1H3. The first-order valence-corrected chi connectivity index (χ1v) is 7.14. The summed E-state index contributed by atoms with van der Waals surface area (Å²) in [6.07, 6.45) is 2.89. The monoisotopic (exact) mass is 320 g/mol. The summed E-state index contributed by atoms with van der Waals surface area (Å²) in [5.41, 5.74) is 1.60. The van der Waals surface area contributed by atoms with E-state index in [0.29, 0.717) is 12.1 Å². The summed E-state index contributed by atoms with van der Waals surface area (Å²) in [5, 5.41) is 4.14. The van der Waals surface area contributed by atoms with Gasteiger partial charge in [-0.3, -0.25) is 14.3 Å². The van der Waals surface area contributed by atoms with Gasteiger partial charge in [-0.1, -0.05) is 12.1 Å². The molecule has 1 aromatic carbocycles. The van der Waals surface area contributed by atoms with Gasteiger partial charge in [0, 0.05) is 11.8 Å². The highest BCUT2D eigenvalue weighted by atomic mass is 19.1. The van der Waals surface area contributed by atoms with Crippen LogP contribution in [0, 0.1) is 5.82 Å². The van der Waals surface area contributed by atoms with Crippen molar-refractivity contribution in [3.8, 4) is 0 Å². The van der Waals surface area contributed by atoms with Crippen LogP contribution in [0.2, 0.25) is 0 Å². The van der Waals surface area contributed by atoms with E-state index < -0.39 is 18.4 Å². The van der Waals surface area contributed by atoms with Crippen molar-refractivity contribution >= 4 is 11.9 Å². The number of hydrogen-bond donors (Lipinski definition) is 0. The first-order chi connectivity index (χ1) is 11.1. The molecule has 0 spiro atoms. The molecule has 0 saturated carbocycles. The average molecular weight is 320 g/mol. The van der Waals surface area contributed by atoms with Crippen LogP contribution in [0.3, 0.4) is 0 Å². The van der Waals surface area contributed by atoms with E-state index in [1.54, 1.807) is 36.1 Å². The lowest BCUT2D eigenvalue weighted by Crippen LogP contribution is -2.13. The molecule has 2 rings (SSSR count). The molecule has 0 N–H and O–H groups in total. The molecule has 0 aliphatic carbocycles. The number of carbonyl (C=O) groups excluding carboxylic acids is 2. The van der Waals surface area contributed by atoms with Gasteiger partial charge in [0.1, 0.15) is 18.8 Å². The van der Waals surface area contributed by atoms with Gasteiger partial charge in [-0.15, -0.1) is 0 Å². The third kappa shape index (κ3) is 5.54. The third-order valence-corrected chi connectivity index (χ3v) is 2.94. The number of halogens is 1. The van der Waals surface area contributed by atoms with Crippen LogP contribution < -0.4 is 0 Å². The van der Waals surface area contributed by atoms with E-state index in [1.165, 1.54) is 12.1 Å². The van der Waals surface area contributed by atoms with Crippen molar-refractivity contribution in [1.29, 1.82) is 0 Å². The van der Waals surface area contributed by atoms with Crippen LogP contribution in [0.4, 0.5) is 4.39 Å². The summed E-state index contributed by atoms with van der Waals surface area (Å²) >= 11 is 0. The van der Waals surface area contributed by atoms with Gasteiger partial charge in [-0.2, -0.15) is 5.10 Å². The largest absolute Gasteiger partial charge is 0.466 e. The fourth-order valence-electron chi connectivity index (χ4n) is 1.89. The molecule has 1 heterocycles. The van der Waals surface area contributed by atoms with E-state index in [0.717, 1.165) is 5.56 Å². The maximum absolute atomic E-state index is 12.8. The van der Waals surface area contributed by atoms with E-state index in [1.807, 2.05) is 0 Å². The Kier molecular flexibility index (Phi) is 5.85. The van der Waals surface area contributed by atoms with Crippen molar-refractivity contribution in [2.24, 2.45) is 0 Å². The number of benzene rings is 1. The van der Waals surface area contributed by atoms with E-state index in [4.69, 9.17) is 4.74 Å². The SMILES string of the molecule is CCOC(=O)CC(=O)OCc1cnn(Cc2ccc(F)cc2)c1. The minimum atomic E-state index is -0.644. The molecule has 0 radical (unpaired) electrons. The van der Waals surface area contributed by atoms with Crippen LogP contribution in [0.5, 0.6) is 0 Å². The Morgan fingerprint density at radius 1 is 1.13 bits per heavy atom. The predicted octanol–water partition coefficient (Wildman–Crippen LogP) is 2.07. The van der Waals surface area contributed by atoms with Crippen LogP contribution in [0.15, 0.2) is 36.7 Å². The fourth-order valence-corrected chi connectivity index (χ4v) is 1.89. The van der Waals surface area contributed by atoms with Gasteiger partial charge in [0.05, 0.1) is 19.3 Å². The molecule has 23 heavy (non-hydrogen) atoms. The van der Waals surface area contributed by atoms with Gasteiger partial charge >= 0.3 is 11.9 Å². The molecular formula is C16H17FN2O4. The van der Waals surface area contributed by atoms with E-state index >= 15 is 0 Å². The molecule has 0 atom stereocenters. The minimum Gasteiger partial charge on any atom is -0.466 e. The molecule has 0 fully saturated rings. The first kappa shape index (κ1) is 16.7. The van der Waals surface area contributed by atoms with Gasteiger partial charge in [-0.05, 0) is 24.6 Å². The molecule has 122 valence electrons. The van der Waals surface area contributed by atoms with Crippen molar-refractivity contribution in [1.82, 2.24) is 9.78 Å². The quantitative estimate of drug-likeness (QED) is 0.577. The second-order valence-corrected chi connectivity index (χ2v) is 4.82. The topological polar surface area (TPSA) is 70.4 Å². The van der Waals surface area contributed by atoms with Crippen LogP contribution in [-0.2, 0) is 32.2 Å². The lowest BCUT2D eigenvalue weighted by Gasteiger charge is -2.03.